The van der Waals surface area contributed by atoms with Crippen molar-refractivity contribution >= 4 is 82.0 Å². The van der Waals surface area contributed by atoms with E-state index in [-0.39, 0.29) is 131 Å². The van der Waals surface area contributed by atoms with Gasteiger partial charge in [-0.25, -0.2) is 0 Å². The molecule has 416 valence electrons. The van der Waals surface area contributed by atoms with Crippen molar-refractivity contribution in [3.8, 4) is 0 Å². The van der Waals surface area contributed by atoms with Crippen molar-refractivity contribution in [1.29, 1.82) is 0 Å². The quantitative estimate of drug-likeness (QED) is 0.0901. The molecular weight excluding hydrogens is 1090 g/mol. The Morgan fingerprint density at radius 1 is 0.577 bits per heavy atom. The van der Waals surface area contributed by atoms with Crippen LogP contribution in [0.25, 0.3) is 0 Å². The topological polar surface area (TPSA) is 175 Å². The van der Waals surface area contributed by atoms with Crippen LogP contribution in [0.5, 0.6) is 0 Å². The van der Waals surface area contributed by atoms with Crippen molar-refractivity contribution in [3.05, 3.63) is 138 Å². The first-order valence-electron chi connectivity index (χ1n) is 26.9. The number of rotatable bonds is 15. The maximum atomic E-state index is 14.1. The van der Waals surface area contributed by atoms with E-state index in [1.165, 1.54) is 0 Å². The number of carboxylic acids is 1. The number of hydrogen-bond acceptors (Lipinski definition) is 8. The number of carboxylic acid groups (broad SMARTS) is 1. The van der Waals surface area contributed by atoms with Gasteiger partial charge in [0.1, 0.15) is 0 Å². The molecule has 2 fully saturated rings. The number of halogens is 4. The second kappa shape index (κ2) is 30.0. The molecule has 2 saturated heterocycles. The SMILES string of the molecule is CC(C)CC1C(=O)N(CC(=O)N2CCC(CC(=O)O)CC2)CC(c2ccccc2Cl)c2cc(Cl)ccc21.CCOC(=O)CC1CCN(C(=O)CN2CC(c3ccccc3Cl)c3cc(Cl)ccc3C(CC(C)C)C2=O)CC1.[Na+].[OH-]. The predicted octanol–water partition coefficient (Wildman–Crippen LogP) is 8.93. The van der Waals surface area contributed by atoms with Crippen LogP contribution in [0.1, 0.15) is 143 Å². The Morgan fingerprint density at radius 2 is 0.962 bits per heavy atom. The van der Waals surface area contributed by atoms with Crippen molar-refractivity contribution in [2.75, 3.05) is 59.0 Å². The van der Waals surface area contributed by atoms with E-state index in [4.69, 9.17) is 56.2 Å². The van der Waals surface area contributed by atoms with Crippen molar-refractivity contribution in [1.82, 2.24) is 19.6 Å². The minimum Gasteiger partial charge on any atom is -0.870 e. The fourth-order valence-corrected chi connectivity index (χ4v) is 12.5. The zero-order valence-electron chi connectivity index (χ0n) is 45.8. The summed E-state index contributed by atoms with van der Waals surface area (Å²) >= 11 is 26.2. The second-order valence-electron chi connectivity index (χ2n) is 21.8. The summed E-state index contributed by atoms with van der Waals surface area (Å²) in [5, 5.41) is 11.5. The summed E-state index contributed by atoms with van der Waals surface area (Å²) in [5.41, 5.74) is 5.68. The monoisotopic (exact) mass is 1160 g/mol. The van der Waals surface area contributed by atoms with E-state index in [0.717, 1.165) is 46.2 Å². The molecular formula is C60H73Cl4N4NaO9. The minimum absolute atomic E-state index is 0. The summed E-state index contributed by atoms with van der Waals surface area (Å²) in [7, 11) is 0. The van der Waals surface area contributed by atoms with E-state index in [9.17, 15) is 28.8 Å². The summed E-state index contributed by atoms with van der Waals surface area (Å²) in [6, 6.07) is 26.8. The van der Waals surface area contributed by atoms with Gasteiger partial charge in [-0.3, -0.25) is 28.8 Å². The molecule has 0 spiro atoms. The number of amides is 4. The van der Waals surface area contributed by atoms with E-state index in [1.807, 2.05) is 89.8 Å². The van der Waals surface area contributed by atoms with Crippen LogP contribution < -0.4 is 29.6 Å². The third kappa shape index (κ3) is 16.7. The van der Waals surface area contributed by atoms with Gasteiger partial charge >= 0.3 is 41.5 Å². The van der Waals surface area contributed by atoms with E-state index >= 15 is 0 Å². The van der Waals surface area contributed by atoms with Gasteiger partial charge in [0.25, 0.3) is 0 Å². The second-order valence-corrected chi connectivity index (χ2v) is 23.4. The number of piperidine rings is 2. The number of nitrogens with zero attached hydrogens (tertiary/aromatic N) is 4. The first kappa shape index (κ1) is 64.6. The number of likely N-dealkylation sites (tertiary alicyclic amines) is 2. The number of carbonyl (C=O) groups is 6. The molecule has 0 aliphatic carbocycles. The zero-order valence-corrected chi connectivity index (χ0v) is 50.8. The summed E-state index contributed by atoms with van der Waals surface area (Å²) in [4.78, 5) is 85.0. The van der Waals surface area contributed by atoms with Crippen LogP contribution in [0.4, 0.5) is 0 Å². The van der Waals surface area contributed by atoms with Crippen LogP contribution in [0, 0.1) is 23.7 Å². The Bertz CT molecular complexity index is 2730. The molecule has 18 heteroatoms. The van der Waals surface area contributed by atoms with Crippen molar-refractivity contribution in [2.24, 2.45) is 23.7 Å². The first-order valence-corrected chi connectivity index (χ1v) is 28.4. The van der Waals surface area contributed by atoms with Crippen LogP contribution in [-0.2, 0) is 33.5 Å². The summed E-state index contributed by atoms with van der Waals surface area (Å²) < 4.78 is 5.09. The molecule has 4 atom stereocenters. The minimum atomic E-state index is -0.804. The number of benzene rings is 4. The molecule has 8 rings (SSSR count). The van der Waals surface area contributed by atoms with Crippen LogP contribution >= 0.6 is 46.4 Å². The summed E-state index contributed by atoms with van der Waals surface area (Å²) in [6.07, 6.45) is 4.67. The van der Waals surface area contributed by atoms with Crippen molar-refractivity contribution in [3.63, 3.8) is 0 Å². The fourth-order valence-electron chi connectivity index (χ4n) is 11.6. The third-order valence-electron chi connectivity index (χ3n) is 15.4. The number of ether oxygens (including phenoxy) is 1. The van der Waals surface area contributed by atoms with Crippen molar-refractivity contribution in [2.45, 2.75) is 110 Å². The molecule has 78 heavy (non-hydrogen) atoms. The Kier molecular flexibility index (Phi) is 24.9. The summed E-state index contributed by atoms with van der Waals surface area (Å²) in [5.74, 6) is -1.57. The maximum Gasteiger partial charge on any atom is 1.00 e. The predicted molar refractivity (Wildman–Crippen MR) is 301 cm³/mol. The van der Waals surface area contributed by atoms with Crippen LogP contribution in [0.2, 0.25) is 20.1 Å². The molecule has 0 radical (unpaired) electrons. The van der Waals surface area contributed by atoms with Gasteiger partial charge in [0.2, 0.25) is 23.6 Å². The molecule has 4 aliphatic heterocycles. The Morgan fingerprint density at radius 3 is 1.32 bits per heavy atom. The Balaban J connectivity index is 0.000000281. The smallest absolute Gasteiger partial charge is 0.870 e. The van der Waals surface area contributed by atoms with E-state index in [0.29, 0.717) is 98.1 Å². The van der Waals surface area contributed by atoms with Crippen molar-refractivity contribution < 1.29 is 73.6 Å². The summed E-state index contributed by atoms with van der Waals surface area (Å²) in [6.45, 7) is 13.4. The molecule has 4 unspecified atom stereocenters. The molecule has 2 N–H and O–H groups in total. The fraction of sp³-hybridized carbons (Fsp3) is 0.500. The van der Waals surface area contributed by atoms with Gasteiger partial charge in [0.05, 0.1) is 31.5 Å². The molecule has 13 nitrogen and oxygen atoms in total. The largest absolute Gasteiger partial charge is 1.00 e. The molecule has 0 bridgehead atoms. The number of esters is 1. The number of fused-ring (bicyclic) bond motifs is 2. The number of aliphatic carboxylic acids is 1. The molecule has 0 aromatic heterocycles. The van der Waals surface area contributed by atoms with Crippen LogP contribution in [0.15, 0.2) is 84.9 Å². The van der Waals surface area contributed by atoms with Gasteiger partial charge in [0.15, 0.2) is 0 Å². The van der Waals surface area contributed by atoms with E-state index in [1.54, 1.807) is 21.6 Å². The average Bonchev–Trinajstić information content (AvgIpc) is 3.64. The maximum absolute atomic E-state index is 14.1. The van der Waals surface area contributed by atoms with Gasteiger partial charge < -0.3 is 34.9 Å². The molecule has 4 heterocycles. The van der Waals surface area contributed by atoms with Gasteiger partial charge in [-0.05, 0) is 139 Å². The number of hydrogen-bond donors (Lipinski definition) is 1. The average molecular weight is 1160 g/mol. The molecule has 4 amide bonds. The molecule has 4 aromatic carbocycles. The van der Waals surface area contributed by atoms with Gasteiger partial charge in [-0.15, -0.1) is 0 Å². The van der Waals surface area contributed by atoms with Crippen LogP contribution in [-0.4, -0.2) is 125 Å². The van der Waals surface area contributed by atoms with Gasteiger partial charge in [0, 0.05) is 84.0 Å². The molecule has 0 saturated carbocycles. The first-order chi connectivity index (χ1) is 36.3. The molecule has 4 aromatic rings. The van der Waals surface area contributed by atoms with Gasteiger partial charge in [-0.1, -0.05) is 123 Å². The zero-order chi connectivity index (χ0) is 54.8. The third-order valence-corrected chi connectivity index (χ3v) is 16.6. The Labute approximate surface area is 502 Å². The standard InChI is InChI=1S/C31H38Cl2N2O4.C29H34Cl2N2O4.Na.H2O/c1-4-39-30(37)16-21-11-13-34(14-12-21)29(36)19-35-18-27(24-7-5-6-8-28(24)33)25-17-22(32)9-10-23(25)26(31(35)38)15-20(2)3;1-18(2)13-24-21-8-7-20(30)15-23(21)25(22-5-3-4-6-26(22)31)16-33(29(24)37)17-27(34)32-11-9-19(10-12-32)14-28(35)36;;/h5-10,17,20-21,26-27H,4,11-16,18-19H2,1-3H3;3-8,15,18-19,24-25H,9-14,16-17H2,1-2H3,(H,35,36);;1H2/q;;+1;/p-1. The van der Waals surface area contributed by atoms with Gasteiger partial charge in [-0.2, -0.15) is 0 Å². The van der Waals surface area contributed by atoms with Crippen LogP contribution in [0.3, 0.4) is 0 Å². The molecule has 4 aliphatic rings. The van der Waals surface area contributed by atoms with E-state index in [2.05, 4.69) is 27.7 Å². The normalized spacial score (nSPS) is 19.8. The van der Waals surface area contributed by atoms with E-state index < -0.39 is 5.97 Å². The number of carbonyl (C=O) groups excluding carboxylic acids is 5. The Hall–Kier alpha value is -4.18.